The molecule has 0 saturated carbocycles. The van der Waals surface area contributed by atoms with Crippen LogP contribution in [0.15, 0.2) is 35.2 Å². The summed E-state index contributed by atoms with van der Waals surface area (Å²) in [5.74, 6) is -0.838. The Bertz CT molecular complexity index is 1030. The number of hydrogen-bond acceptors (Lipinski definition) is 6. The van der Waals surface area contributed by atoms with Crippen molar-refractivity contribution in [3.63, 3.8) is 0 Å². The van der Waals surface area contributed by atoms with Crippen molar-refractivity contribution in [2.45, 2.75) is 11.8 Å². The van der Waals surface area contributed by atoms with Crippen LogP contribution in [0.1, 0.15) is 6.92 Å². The molecule has 1 amide bonds. The highest BCUT2D eigenvalue weighted by Crippen LogP contribution is 2.36. The number of amides is 1. The number of nitrogens with one attached hydrogen (secondary N) is 1. The minimum absolute atomic E-state index is 0.0284. The Morgan fingerprint density at radius 3 is 2.27 bits per heavy atom. The van der Waals surface area contributed by atoms with E-state index in [1.54, 1.807) is 6.92 Å². The molecule has 30 heavy (non-hydrogen) atoms. The Kier molecular flexibility index (Phi) is 7.88. The molecule has 0 aliphatic carbocycles. The summed E-state index contributed by atoms with van der Waals surface area (Å²) in [5.41, 5.74) is 0.250. The number of likely N-dealkylation sites (N-methyl/N-ethyl adjacent to an activating group) is 1. The highest BCUT2D eigenvalue weighted by molar-refractivity contribution is 7.89. The van der Waals surface area contributed by atoms with Gasteiger partial charge in [0.05, 0.1) is 38.6 Å². The van der Waals surface area contributed by atoms with Crippen molar-refractivity contribution >= 4 is 33.2 Å². The second kappa shape index (κ2) is 9.96. The summed E-state index contributed by atoms with van der Waals surface area (Å²) < 4.78 is 55.9. The van der Waals surface area contributed by atoms with Crippen molar-refractivity contribution in [3.05, 3.63) is 41.2 Å². The van der Waals surface area contributed by atoms with E-state index in [9.17, 15) is 17.6 Å². The Labute approximate surface area is 179 Å². The number of sulfonamides is 1. The number of carbonyl (C=O) groups excluding carboxylic acids is 1. The lowest BCUT2D eigenvalue weighted by Gasteiger charge is -2.21. The van der Waals surface area contributed by atoms with Crippen LogP contribution in [0, 0.1) is 5.82 Å². The molecule has 1 N–H and O–H groups in total. The topological polar surface area (TPSA) is 94.2 Å². The summed E-state index contributed by atoms with van der Waals surface area (Å²) in [5, 5.41) is 2.86. The zero-order valence-electron chi connectivity index (χ0n) is 16.9. The number of ether oxygens (including phenoxy) is 3. The van der Waals surface area contributed by atoms with Crippen LogP contribution in [0.2, 0.25) is 5.02 Å². The van der Waals surface area contributed by atoms with Crippen LogP contribution in [-0.4, -0.2) is 53.0 Å². The van der Waals surface area contributed by atoms with Crippen LogP contribution in [0.4, 0.5) is 10.1 Å². The van der Waals surface area contributed by atoms with Gasteiger partial charge in [-0.25, -0.2) is 12.8 Å². The van der Waals surface area contributed by atoms with E-state index in [0.29, 0.717) is 5.75 Å². The number of carbonyl (C=O) groups is 1. The van der Waals surface area contributed by atoms with Gasteiger partial charge in [-0.15, -0.1) is 0 Å². The summed E-state index contributed by atoms with van der Waals surface area (Å²) in [4.78, 5) is 12.2. The molecular formula is C19H22ClFN2O6S. The van der Waals surface area contributed by atoms with Gasteiger partial charge in [-0.05, 0) is 18.2 Å². The standard InChI is InChI=1S/C19H22ClFN2O6S/c1-5-23(30(25,26)18-8-12(21)6-7-15(18)27-2)11-19(24)22-14-10-16(28-3)13(20)9-17(14)29-4/h6-10H,5,11H2,1-4H3,(H,22,24). The summed E-state index contributed by atoms with van der Waals surface area (Å²) in [7, 11) is -0.126. The van der Waals surface area contributed by atoms with Crippen LogP contribution in [0.25, 0.3) is 0 Å². The fourth-order valence-electron chi connectivity index (χ4n) is 2.67. The zero-order valence-corrected chi connectivity index (χ0v) is 18.4. The molecule has 0 fully saturated rings. The number of rotatable bonds is 9. The smallest absolute Gasteiger partial charge is 0.247 e. The number of benzene rings is 2. The normalized spacial score (nSPS) is 11.3. The number of methoxy groups -OCH3 is 3. The maximum absolute atomic E-state index is 13.7. The molecule has 2 rings (SSSR count). The van der Waals surface area contributed by atoms with Crippen molar-refractivity contribution in [2.75, 3.05) is 39.7 Å². The molecule has 0 bridgehead atoms. The van der Waals surface area contributed by atoms with Crippen molar-refractivity contribution < 1.29 is 31.8 Å². The molecule has 0 saturated heterocycles. The fraction of sp³-hybridized carbons (Fsp3) is 0.316. The average molecular weight is 461 g/mol. The van der Waals surface area contributed by atoms with Gasteiger partial charge >= 0.3 is 0 Å². The highest BCUT2D eigenvalue weighted by Gasteiger charge is 2.29. The molecular weight excluding hydrogens is 439 g/mol. The van der Waals surface area contributed by atoms with Crippen molar-refractivity contribution in [1.29, 1.82) is 0 Å². The van der Waals surface area contributed by atoms with Gasteiger partial charge in [0.15, 0.2) is 0 Å². The molecule has 0 aromatic heterocycles. The summed E-state index contributed by atoms with van der Waals surface area (Å²) in [6.07, 6.45) is 0. The highest BCUT2D eigenvalue weighted by atomic mass is 35.5. The molecule has 2 aromatic carbocycles. The third-order valence-electron chi connectivity index (χ3n) is 4.16. The van der Waals surface area contributed by atoms with Crippen LogP contribution in [-0.2, 0) is 14.8 Å². The minimum Gasteiger partial charge on any atom is -0.495 e. The van der Waals surface area contributed by atoms with Gasteiger partial charge in [-0.1, -0.05) is 18.5 Å². The van der Waals surface area contributed by atoms with E-state index in [-0.39, 0.29) is 33.6 Å². The second-order valence-corrected chi connectivity index (χ2v) is 8.28. The lowest BCUT2D eigenvalue weighted by atomic mass is 10.2. The first-order valence-corrected chi connectivity index (χ1v) is 10.5. The van der Waals surface area contributed by atoms with Gasteiger partial charge in [0.25, 0.3) is 0 Å². The van der Waals surface area contributed by atoms with Crippen LogP contribution >= 0.6 is 11.6 Å². The number of halogens is 2. The monoisotopic (exact) mass is 460 g/mol. The molecule has 11 heteroatoms. The quantitative estimate of drug-likeness (QED) is 0.617. The Morgan fingerprint density at radius 2 is 1.70 bits per heavy atom. The average Bonchev–Trinajstić information content (AvgIpc) is 2.72. The van der Waals surface area contributed by atoms with E-state index < -0.39 is 28.3 Å². The number of hydrogen-bond donors (Lipinski definition) is 1. The molecule has 164 valence electrons. The Morgan fingerprint density at radius 1 is 1.07 bits per heavy atom. The molecule has 0 atom stereocenters. The van der Waals surface area contributed by atoms with Gasteiger partial charge in [0.1, 0.15) is 28.0 Å². The van der Waals surface area contributed by atoms with E-state index in [2.05, 4.69) is 5.32 Å². The molecule has 0 radical (unpaired) electrons. The number of nitrogens with zero attached hydrogens (tertiary/aromatic N) is 1. The van der Waals surface area contributed by atoms with E-state index in [1.165, 1.54) is 39.5 Å². The Hall–Kier alpha value is -2.56. The van der Waals surface area contributed by atoms with Crippen LogP contribution < -0.4 is 19.5 Å². The first kappa shape index (κ1) is 23.7. The summed E-state index contributed by atoms with van der Waals surface area (Å²) in [6.45, 7) is 1.01. The fourth-order valence-corrected chi connectivity index (χ4v) is 4.47. The molecule has 8 nitrogen and oxygen atoms in total. The summed E-state index contributed by atoms with van der Waals surface area (Å²) in [6, 6.07) is 6.06. The Balaban J connectivity index is 2.30. The SMILES string of the molecule is CCN(CC(=O)Nc1cc(OC)c(Cl)cc1OC)S(=O)(=O)c1cc(F)ccc1OC. The van der Waals surface area contributed by atoms with E-state index in [0.717, 1.165) is 16.4 Å². The van der Waals surface area contributed by atoms with Gasteiger partial charge in [0.2, 0.25) is 15.9 Å². The molecule has 0 spiro atoms. The second-order valence-electron chi connectivity index (χ2n) is 5.96. The van der Waals surface area contributed by atoms with E-state index in [4.69, 9.17) is 25.8 Å². The summed E-state index contributed by atoms with van der Waals surface area (Å²) >= 11 is 6.04. The maximum atomic E-state index is 13.7. The third kappa shape index (κ3) is 5.13. The van der Waals surface area contributed by atoms with Gasteiger partial charge in [-0.3, -0.25) is 4.79 Å². The first-order valence-electron chi connectivity index (χ1n) is 8.73. The maximum Gasteiger partial charge on any atom is 0.247 e. The van der Waals surface area contributed by atoms with Crippen LogP contribution in [0.3, 0.4) is 0 Å². The predicted octanol–water partition coefficient (Wildman–Crippen LogP) is 3.15. The molecule has 0 aliphatic rings. The first-order chi connectivity index (χ1) is 14.2. The van der Waals surface area contributed by atoms with Crippen molar-refractivity contribution in [1.82, 2.24) is 4.31 Å². The van der Waals surface area contributed by atoms with Crippen molar-refractivity contribution in [2.24, 2.45) is 0 Å². The lowest BCUT2D eigenvalue weighted by Crippen LogP contribution is -2.38. The van der Waals surface area contributed by atoms with Gasteiger partial charge < -0.3 is 19.5 Å². The predicted molar refractivity (Wildman–Crippen MR) is 111 cm³/mol. The molecule has 0 heterocycles. The van der Waals surface area contributed by atoms with E-state index in [1.807, 2.05) is 0 Å². The van der Waals surface area contributed by atoms with Gasteiger partial charge in [0, 0.05) is 18.7 Å². The van der Waals surface area contributed by atoms with Crippen molar-refractivity contribution in [3.8, 4) is 17.2 Å². The van der Waals surface area contributed by atoms with Gasteiger partial charge in [-0.2, -0.15) is 4.31 Å². The van der Waals surface area contributed by atoms with E-state index >= 15 is 0 Å². The zero-order chi connectivity index (χ0) is 22.5. The molecule has 0 unspecified atom stereocenters. The molecule has 2 aromatic rings. The third-order valence-corrected chi connectivity index (χ3v) is 6.40. The molecule has 0 aliphatic heterocycles. The minimum atomic E-state index is -4.21. The van der Waals surface area contributed by atoms with Crippen LogP contribution in [0.5, 0.6) is 17.2 Å². The number of anilines is 1. The largest absolute Gasteiger partial charge is 0.495 e. The lowest BCUT2D eigenvalue weighted by molar-refractivity contribution is -0.116.